The van der Waals surface area contributed by atoms with E-state index in [0.29, 0.717) is 0 Å². The van der Waals surface area contributed by atoms with Crippen LogP contribution in [-0.2, 0) is 17.8 Å². The van der Waals surface area contributed by atoms with Crippen molar-refractivity contribution in [1.29, 1.82) is 0 Å². The standard InChI is InChI=1S/C24H25N5OS/c1-2-29-22(17-28-12-14-30-15-13-28)26-27-24(29)31-21-16-25-20-11-7-6-10-19(20)23(21)18-8-4-3-5-9-18/h3-11,16H,2,12-15,17H2,1H3. The van der Waals surface area contributed by atoms with Gasteiger partial charge in [0.15, 0.2) is 5.16 Å². The molecular weight excluding hydrogens is 406 g/mol. The van der Waals surface area contributed by atoms with Gasteiger partial charge in [-0.05, 0) is 30.3 Å². The van der Waals surface area contributed by atoms with Crippen molar-refractivity contribution in [3.05, 3.63) is 66.6 Å². The Kier molecular flexibility index (Phi) is 5.97. The van der Waals surface area contributed by atoms with E-state index >= 15 is 0 Å². The maximum atomic E-state index is 5.47. The number of hydrogen-bond donors (Lipinski definition) is 0. The van der Waals surface area contributed by atoms with Gasteiger partial charge in [-0.3, -0.25) is 9.88 Å². The fourth-order valence-electron chi connectivity index (χ4n) is 3.99. The quantitative estimate of drug-likeness (QED) is 0.448. The van der Waals surface area contributed by atoms with Crippen LogP contribution in [0.25, 0.3) is 22.0 Å². The largest absolute Gasteiger partial charge is 0.379 e. The molecule has 0 amide bonds. The maximum absolute atomic E-state index is 5.47. The van der Waals surface area contributed by atoms with Crippen LogP contribution in [0.15, 0.2) is 70.8 Å². The summed E-state index contributed by atoms with van der Waals surface area (Å²) < 4.78 is 7.69. The third-order valence-corrected chi connectivity index (χ3v) is 6.60. The van der Waals surface area contributed by atoms with Gasteiger partial charge in [0.2, 0.25) is 0 Å². The number of para-hydroxylation sites is 1. The predicted molar refractivity (Wildman–Crippen MR) is 123 cm³/mol. The van der Waals surface area contributed by atoms with Crippen LogP contribution >= 0.6 is 11.8 Å². The topological polar surface area (TPSA) is 56.1 Å². The minimum atomic E-state index is 0.783. The van der Waals surface area contributed by atoms with Crippen molar-refractivity contribution in [2.45, 2.75) is 30.1 Å². The summed E-state index contributed by atoms with van der Waals surface area (Å²) in [6.45, 7) is 7.21. The Morgan fingerprint density at radius 3 is 2.55 bits per heavy atom. The molecule has 1 fully saturated rings. The SMILES string of the molecule is CCn1c(CN2CCOCC2)nnc1Sc1cnc2ccccc2c1-c1ccccc1. The van der Waals surface area contributed by atoms with E-state index < -0.39 is 0 Å². The molecule has 0 radical (unpaired) electrons. The van der Waals surface area contributed by atoms with E-state index in [1.165, 1.54) is 11.1 Å². The zero-order valence-corrected chi connectivity index (χ0v) is 18.4. The van der Waals surface area contributed by atoms with Gasteiger partial charge in [0.05, 0.1) is 25.3 Å². The summed E-state index contributed by atoms with van der Waals surface area (Å²) in [5.74, 6) is 1.00. The molecule has 0 bridgehead atoms. The van der Waals surface area contributed by atoms with Gasteiger partial charge in [-0.1, -0.05) is 48.5 Å². The van der Waals surface area contributed by atoms with Gasteiger partial charge >= 0.3 is 0 Å². The van der Waals surface area contributed by atoms with Crippen molar-refractivity contribution in [2.24, 2.45) is 0 Å². The number of hydrogen-bond acceptors (Lipinski definition) is 6. The van der Waals surface area contributed by atoms with Gasteiger partial charge in [0.1, 0.15) is 5.82 Å². The summed E-state index contributed by atoms with van der Waals surface area (Å²) in [7, 11) is 0. The Hall–Kier alpha value is -2.74. The van der Waals surface area contributed by atoms with Crippen LogP contribution in [0.4, 0.5) is 0 Å². The molecule has 31 heavy (non-hydrogen) atoms. The first-order chi connectivity index (χ1) is 15.3. The van der Waals surface area contributed by atoms with Crippen LogP contribution in [0.5, 0.6) is 0 Å². The van der Waals surface area contributed by atoms with Gasteiger partial charge in [0.25, 0.3) is 0 Å². The highest BCUT2D eigenvalue weighted by molar-refractivity contribution is 7.99. The third kappa shape index (κ3) is 4.21. The lowest BCUT2D eigenvalue weighted by molar-refractivity contribution is 0.0325. The van der Waals surface area contributed by atoms with Gasteiger partial charge in [0, 0.05) is 41.7 Å². The van der Waals surface area contributed by atoms with Crippen molar-refractivity contribution in [2.75, 3.05) is 26.3 Å². The number of rotatable bonds is 6. The van der Waals surface area contributed by atoms with Gasteiger partial charge < -0.3 is 9.30 Å². The Morgan fingerprint density at radius 1 is 0.968 bits per heavy atom. The van der Waals surface area contributed by atoms with Gasteiger partial charge in [-0.25, -0.2) is 0 Å². The number of ether oxygens (including phenoxy) is 1. The molecule has 2 aromatic heterocycles. The van der Waals surface area contributed by atoms with Crippen molar-refractivity contribution in [1.82, 2.24) is 24.6 Å². The molecule has 2 aromatic carbocycles. The molecule has 6 nitrogen and oxygen atoms in total. The molecule has 1 saturated heterocycles. The number of morpholine rings is 1. The average molecular weight is 432 g/mol. The van der Waals surface area contributed by atoms with Crippen LogP contribution < -0.4 is 0 Å². The number of benzene rings is 2. The number of fused-ring (bicyclic) bond motifs is 1. The van der Waals surface area contributed by atoms with Crippen LogP contribution in [0, 0.1) is 0 Å². The van der Waals surface area contributed by atoms with Crippen LogP contribution in [0.3, 0.4) is 0 Å². The van der Waals surface area contributed by atoms with E-state index in [4.69, 9.17) is 9.72 Å². The molecule has 4 aromatic rings. The second-order valence-corrected chi connectivity index (χ2v) is 8.52. The Balaban J connectivity index is 1.52. The van der Waals surface area contributed by atoms with Gasteiger partial charge in [-0.15, -0.1) is 10.2 Å². The minimum Gasteiger partial charge on any atom is -0.379 e. The molecule has 3 heterocycles. The molecule has 0 atom stereocenters. The first kappa shape index (κ1) is 20.2. The van der Waals surface area contributed by atoms with Crippen molar-refractivity contribution >= 4 is 22.7 Å². The molecular formula is C24H25N5OS. The van der Waals surface area contributed by atoms with E-state index in [0.717, 1.165) is 66.2 Å². The summed E-state index contributed by atoms with van der Waals surface area (Å²) >= 11 is 1.64. The smallest absolute Gasteiger partial charge is 0.196 e. The monoisotopic (exact) mass is 431 g/mol. The second kappa shape index (κ2) is 9.18. The van der Waals surface area contributed by atoms with Crippen LogP contribution in [0.1, 0.15) is 12.7 Å². The molecule has 7 heteroatoms. The van der Waals surface area contributed by atoms with Crippen molar-refractivity contribution in [3.63, 3.8) is 0 Å². The highest BCUT2D eigenvalue weighted by Gasteiger charge is 2.19. The number of aromatic nitrogens is 4. The second-order valence-electron chi connectivity index (χ2n) is 7.51. The highest BCUT2D eigenvalue weighted by atomic mass is 32.2. The summed E-state index contributed by atoms with van der Waals surface area (Å²) in [5.41, 5.74) is 3.37. The predicted octanol–water partition coefficient (Wildman–Crippen LogP) is 4.50. The van der Waals surface area contributed by atoms with Crippen LogP contribution in [-0.4, -0.2) is 51.0 Å². The Labute approximate surface area is 186 Å². The number of nitrogens with zero attached hydrogens (tertiary/aromatic N) is 5. The van der Waals surface area contributed by atoms with Crippen molar-refractivity contribution in [3.8, 4) is 11.1 Å². The summed E-state index contributed by atoms with van der Waals surface area (Å²) in [6.07, 6.45) is 1.96. The van der Waals surface area contributed by atoms with Gasteiger partial charge in [-0.2, -0.15) is 0 Å². The fraction of sp³-hybridized carbons (Fsp3) is 0.292. The molecule has 158 valence electrons. The summed E-state index contributed by atoms with van der Waals surface area (Å²) in [5, 5.41) is 11.1. The highest BCUT2D eigenvalue weighted by Crippen LogP contribution is 2.39. The zero-order chi connectivity index (χ0) is 21.0. The first-order valence-electron chi connectivity index (χ1n) is 10.7. The van der Waals surface area contributed by atoms with Crippen LogP contribution in [0.2, 0.25) is 0 Å². The minimum absolute atomic E-state index is 0.783. The third-order valence-electron chi connectivity index (χ3n) is 5.58. The lowest BCUT2D eigenvalue weighted by Gasteiger charge is -2.26. The molecule has 0 saturated carbocycles. The normalized spacial score (nSPS) is 14.9. The average Bonchev–Trinajstić information content (AvgIpc) is 3.21. The number of pyridine rings is 1. The lowest BCUT2D eigenvalue weighted by Crippen LogP contribution is -2.36. The van der Waals surface area contributed by atoms with E-state index in [9.17, 15) is 0 Å². The first-order valence-corrected chi connectivity index (χ1v) is 11.5. The van der Waals surface area contributed by atoms with Crippen molar-refractivity contribution < 1.29 is 4.74 Å². The summed E-state index contributed by atoms with van der Waals surface area (Å²) in [4.78, 5) is 8.18. The Bertz CT molecular complexity index is 1170. The molecule has 0 N–H and O–H groups in total. The lowest BCUT2D eigenvalue weighted by atomic mass is 10.0. The molecule has 0 spiro atoms. The Morgan fingerprint density at radius 2 is 1.74 bits per heavy atom. The van der Waals surface area contributed by atoms with E-state index in [1.54, 1.807) is 11.8 Å². The maximum Gasteiger partial charge on any atom is 0.196 e. The zero-order valence-electron chi connectivity index (χ0n) is 17.6. The molecule has 0 unspecified atom stereocenters. The fourth-order valence-corrected chi connectivity index (χ4v) is 5.05. The molecule has 1 aliphatic heterocycles. The van der Waals surface area contributed by atoms with E-state index in [2.05, 4.69) is 69.1 Å². The summed E-state index contributed by atoms with van der Waals surface area (Å²) in [6, 6.07) is 18.8. The van der Waals surface area contributed by atoms with E-state index in [-0.39, 0.29) is 0 Å². The molecule has 5 rings (SSSR count). The van der Waals surface area contributed by atoms with E-state index in [1.807, 2.05) is 18.3 Å². The molecule has 0 aliphatic carbocycles. The molecule has 1 aliphatic rings.